The first-order valence-corrected chi connectivity index (χ1v) is 8.16. The monoisotopic (exact) mass is 383 g/mol. The van der Waals surface area contributed by atoms with Gasteiger partial charge in [-0.15, -0.1) is 0 Å². The van der Waals surface area contributed by atoms with Crippen LogP contribution in [0.3, 0.4) is 0 Å². The van der Waals surface area contributed by atoms with E-state index in [0.29, 0.717) is 11.4 Å². The number of carbonyl (C=O) groups is 1. The third kappa shape index (κ3) is 6.81. The molecule has 1 aromatic heterocycles. The highest BCUT2D eigenvalue weighted by Crippen LogP contribution is 2.25. The van der Waals surface area contributed by atoms with Gasteiger partial charge in [0.2, 0.25) is 0 Å². The fraction of sp³-hybridized carbons (Fsp3) is 0.412. The minimum atomic E-state index is -2.59. The first-order chi connectivity index (χ1) is 12.8. The number of nitrogens with one attached hydrogen (secondary N) is 1. The lowest BCUT2D eigenvalue weighted by Crippen LogP contribution is -2.28. The summed E-state index contributed by atoms with van der Waals surface area (Å²) in [6, 6.07) is 0. The number of rotatable bonds is 8. The molecule has 3 N–H and O–H groups in total. The molecule has 0 spiro atoms. The van der Waals surface area contributed by atoms with Gasteiger partial charge < -0.3 is 15.8 Å². The van der Waals surface area contributed by atoms with E-state index in [9.17, 15) is 18.0 Å². The number of allylic oxidation sites excluding steroid dienone is 3. The Balaban J connectivity index is 1.89. The molecule has 7 nitrogen and oxygen atoms in total. The lowest BCUT2D eigenvalue weighted by Gasteiger charge is -2.19. The van der Waals surface area contributed by atoms with Gasteiger partial charge in [-0.3, -0.25) is 14.8 Å². The molecule has 1 aliphatic rings. The Labute approximate surface area is 154 Å². The second-order valence-electron chi connectivity index (χ2n) is 5.88. The van der Waals surface area contributed by atoms with Crippen molar-refractivity contribution in [3.05, 3.63) is 47.5 Å². The minimum Gasteiger partial charge on any atom is -0.386 e. The van der Waals surface area contributed by atoms with Crippen molar-refractivity contribution in [3.63, 3.8) is 0 Å². The normalized spacial score (nSPS) is 17.5. The minimum absolute atomic E-state index is 0.00137. The van der Waals surface area contributed by atoms with Crippen LogP contribution < -0.4 is 11.1 Å². The number of amidine groups is 1. The van der Waals surface area contributed by atoms with Crippen molar-refractivity contribution in [1.29, 1.82) is 0 Å². The second-order valence-corrected chi connectivity index (χ2v) is 5.88. The predicted octanol–water partition coefficient (Wildman–Crippen LogP) is 1.91. The topological polar surface area (TPSA) is 102 Å². The van der Waals surface area contributed by atoms with Crippen molar-refractivity contribution in [2.24, 2.45) is 16.6 Å². The third-order valence-electron chi connectivity index (χ3n) is 3.60. The van der Waals surface area contributed by atoms with Crippen molar-refractivity contribution >= 4 is 11.7 Å². The number of alkyl halides is 2. The van der Waals surface area contributed by atoms with Crippen LogP contribution in [-0.4, -0.2) is 47.9 Å². The van der Waals surface area contributed by atoms with Gasteiger partial charge in [0.05, 0.1) is 18.4 Å². The number of aliphatic imine (C=N–C) groups is 1. The zero-order valence-electron chi connectivity index (χ0n) is 14.7. The Morgan fingerprint density at radius 1 is 1.41 bits per heavy atom. The molecule has 1 unspecified atom stereocenters. The first-order valence-electron chi connectivity index (χ1n) is 8.16. The molecule has 0 saturated heterocycles. The standard InChI is InChI=1S/C17H20F3N5O2/c1-10-5-23-14(7-22-10)17(26)25-12-2-3-13(18)11(4-12)6-24-16(21)9-27-8-15(19)20/h2-3,5,7,11,15H,4,6,8-9H2,1H3,(H2,21,24)(H,25,26). The molecule has 1 heterocycles. The van der Waals surface area contributed by atoms with Crippen LogP contribution >= 0.6 is 0 Å². The summed E-state index contributed by atoms with van der Waals surface area (Å²) in [5.74, 6) is -1.48. The maximum atomic E-state index is 14.0. The molecule has 10 heteroatoms. The molecule has 0 bridgehead atoms. The van der Waals surface area contributed by atoms with Crippen molar-refractivity contribution in [2.75, 3.05) is 19.8 Å². The SMILES string of the molecule is Cc1cnc(C(=O)NC2=CC=C(F)C(C/N=C(/N)COCC(F)F)C2)cn1. The highest BCUT2D eigenvalue weighted by Gasteiger charge is 2.21. The van der Waals surface area contributed by atoms with Crippen molar-refractivity contribution in [2.45, 2.75) is 19.8 Å². The number of nitrogens with zero attached hydrogens (tertiary/aromatic N) is 3. The van der Waals surface area contributed by atoms with Crippen molar-refractivity contribution < 1.29 is 22.7 Å². The number of hydrogen-bond acceptors (Lipinski definition) is 5. The highest BCUT2D eigenvalue weighted by atomic mass is 19.3. The fourth-order valence-corrected chi connectivity index (χ4v) is 2.24. The maximum Gasteiger partial charge on any atom is 0.275 e. The number of nitrogens with two attached hydrogens (primary N) is 1. The average molecular weight is 383 g/mol. The summed E-state index contributed by atoms with van der Waals surface area (Å²) < 4.78 is 42.6. The van der Waals surface area contributed by atoms with E-state index in [2.05, 4.69) is 25.0 Å². The zero-order chi connectivity index (χ0) is 19.8. The molecular formula is C17H20F3N5O2. The molecule has 0 aromatic carbocycles. The van der Waals surface area contributed by atoms with E-state index in [-0.39, 0.29) is 31.1 Å². The van der Waals surface area contributed by atoms with Gasteiger partial charge >= 0.3 is 0 Å². The zero-order valence-corrected chi connectivity index (χ0v) is 14.7. The molecule has 0 radical (unpaired) electrons. The average Bonchev–Trinajstić information content (AvgIpc) is 2.62. The van der Waals surface area contributed by atoms with Gasteiger partial charge in [0.25, 0.3) is 12.3 Å². The predicted molar refractivity (Wildman–Crippen MR) is 92.9 cm³/mol. The van der Waals surface area contributed by atoms with Gasteiger partial charge in [0.1, 0.15) is 30.6 Å². The Kier molecular flexibility index (Phi) is 7.47. The summed E-state index contributed by atoms with van der Waals surface area (Å²) >= 11 is 0. The first kappa shape index (κ1) is 20.6. The number of halogens is 3. The number of hydrogen-bond donors (Lipinski definition) is 2. The van der Waals surface area contributed by atoms with Gasteiger partial charge in [0.15, 0.2) is 0 Å². The van der Waals surface area contributed by atoms with Gasteiger partial charge in [-0.1, -0.05) is 0 Å². The molecule has 0 saturated carbocycles. The van der Waals surface area contributed by atoms with Crippen LogP contribution in [0.4, 0.5) is 13.2 Å². The van der Waals surface area contributed by atoms with Gasteiger partial charge in [-0.05, 0) is 25.5 Å². The van der Waals surface area contributed by atoms with Crippen LogP contribution in [0.15, 0.2) is 41.1 Å². The van der Waals surface area contributed by atoms with Crippen molar-refractivity contribution in [1.82, 2.24) is 15.3 Å². The lowest BCUT2D eigenvalue weighted by atomic mass is 9.97. The fourth-order valence-electron chi connectivity index (χ4n) is 2.24. The van der Waals surface area contributed by atoms with Crippen LogP contribution in [0.25, 0.3) is 0 Å². The van der Waals surface area contributed by atoms with Crippen LogP contribution in [0, 0.1) is 12.8 Å². The second kappa shape index (κ2) is 9.81. The summed E-state index contributed by atoms with van der Waals surface area (Å²) in [6.07, 6.45) is 3.13. The molecule has 1 aromatic rings. The molecule has 0 fully saturated rings. The van der Waals surface area contributed by atoms with Crippen LogP contribution in [0.5, 0.6) is 0 Å². The Hall–Kier alpha value is -2.75. The van der Waals surface area contributed by atoms with E-state index in [1.165, 1.54) is 24.5 Å². The van der Waals surface area contributed by atoms with Gasteiger partial charge in [0, 0.05) is 17.8 Å². The largest absolute Gasteiger partial charge is 0.386 e. The van der Waals surface area contributed by atoms with E-state index < -0.39 is 30.7 Å². The lowest BCUT2D eigenvalue weighted by molar-refractivity contribution is 0.0321. The van der Waals surface area contributed by atoms with Gasteiger partial charge in [-0.25, -0.2) is 18.2 Å². The molecule has 2 rings (SSSR count). The Morgan fingerprint density at radius 3 is 2.85 bits per heavy atom. The van der Waals surface area contributed by atoms with E-state index >= 15 is 0 Å². The molecule has 1 atom stereocenters. The Bertz CT molecular complexity index is 747. The van der Waals surface area contributed by atoms with E-state index in [0.717, 1.165) is 0 Å². The molecule has 1 aliphatic carbocycles. The quantitative estimate of drug-likeness (QED) is 0.527. The number of aromatic nitrogens is 2. The summed E-state index contributed by atoms with van der Waals surface area (Å²) in [7, 11) is 0. The smallest absolute Gasteiger partial charge is 0.275 e. The summed E-state index contributed by atoms with van der Waals surface area (Å²) in [5, 5.41) is 2.66. The number of aryl methyl sites for hydroxylation is 1. The van der Waals surface area contributed by atoms with E-state index in [1.54, 1.807) is 6.92 Å². The van der Waals surface area contributed by atoms with Crippen molar-refractivity contribution in [3.8, 4) is 0 Å². The van der Waals surface area contributed by atoms with E-state index in [4.69, 9.17) is 5.73 Å². The van der Waals surface area contributed by atoms with Gasteiger partial charge in [-0.2, -0.15) is 0 Å². The molecule has 1 amide bonds. The molecule has 27 heavy (non-hydrogen) atoms. The summed E-state index contributed by atoms with van der Waals surface area (Å²) in [4.78, 5) is 24.1. The number of amides is 1. The molecular weight excluding hydrogens is 363 g/mol. The maximum absolute atomic E-state index is 14.0. The summed E-state index contributed by atoms with van der Waals surface area (Å²) in [5.41, 5.74) is 6.89. The number of ether oxygens (including phenoxy) is 1. The highest BCUT2D eigenvalue weighted by molar-refractivity contribution is 5.93. The summed E-state index contributed by atoms with van der Waals surface area (Å²) in [6.45, 7) is 0.758. The Morgan fingerprint density at radius 2 is 2.19 bits per heavy atom. The molecule has 0 aliphatic heterocycles. The van der Waals surface area contributed by atoms with E-state index in [1.807, 2.05) is 0 Å². The van der Waals surface area contributed by atoms with Crippen LogP contribution in [0.2, 0.25) is 0 Å². The van der Waals surface area contributed by atoms with Crippen LogP contribution in [0.1, 0.15) is 22.6 Å². The third-order valence-corrected chi connectivity index (χ3v) is 3.60. The molecule has 146 valence electrons. The van der Waals surface area contributed by atoms with Crippen LogP contribution in [-0.2, 0) is 4.74 Å². The number of carbonyl (C=O) groups excluding carboxylic acids is 1.